The third kappa shape index (κ3) is 3.60. The summed E-state index contributed by atoms with van der Waals surface area (Å²) < 4.78 is 0. The summed E-state index contributed by atoms with van der Waals surface area (Å²) in [5, 5.41) is 8.84. The predicted octanol–water partition coefficient (Wildman–Crippen LogP) is 12.3. The van der Waals surface area contributed by atoms with E-state index in [2.05, 4.69) is 152 Å². The van der Waals surface area contributed by atoms with E-state index in [0.717, 1.165) is 16.5 Å². The number of rotatable bonds is 3. The van der Waals surface area contributed by atoms with Gasteiger partial charge in [-0.05, 0) is 107 Å². The Balaban J connectivity index is 1.37. The molecule has 1 heterocycles. The summed E-state index contributed by atoms with van der Waals surface area (Å²) in [4.78, 5) is 4.90. The van der Waals surface area contributed by atoms with Gasteiger partial charge < -0.3 is 0 Å². The molecule has 1 heteroatoms. The number of hydrogen-bond acceptors (Lipinski definition) is 1. The van der Waals surface area contributed by atoms with Crippen molar-refractivity contribution in [3.05, 3.63) is 164 Å². The number of aromatic nitrogens is 1. The lowest BCUT2D eigenvalue weighted by Gasteiger charge is -2.17. The van der Waals surface area contributed by atoms with Crippen LogP contribution in [0.1, 0.15) is 0 Å². The topological polar surface area (TPSA) is 12.9 Å². The van der Waals surface area contributed by atoms with Crippen LogP contribution in [0.2, 0.25) is 0 Å². The van der Waals surface area contributed by atoms with Gasteiger partial charge in [0.1, 0.15) is 0 Å². The van der Waals surface area contributed by atoms with E-state index in [1.165, 1.54) is 82.4 Å². The number of fused-ring (bicyclic) bond motifs is 8. The molecule has 0 unspecified atom stereocenters. The molecule has 0 saturated heterocycles. The minimum Gasteiger partial charge on any atom is -0.256 e. The SMILES string of the molecule is c1ccc(-c2ccc3c(c2)c(-c2cccc4cccnc24)cc2c4ccc(-c5ccccc5)c5c4c(cc32)-c2ccccc2-5)cc1. The Labute approximate surface area is 267 Å². The lowest BCUT2D eigenvalue weighted by atomic mass is 9.86. The van der Waals surface area contributed by atoms with Gasteiger partial charge >= 0.3 is 0 Å². The van der Waals surface area contributed by atoms with E-state index in [0.29, 0.717) is 0 Å². The van der Waals surface area contributed by atoms with Crippen LogP contribution in [-0.2, 0) is 0 Å². The highest BCUT2D eigenvalue weighted by atomic mass is 14.6. The van der Waals surface area contributed by atoms with Crippen LogP contribution >= 0.6 is 0 Å². The van der Waals surface area contributed by atoms with Crippen molar-refractivity contribution in [1.82, 2.24) is 4.98 Å². The van der Waals surface area contributed by atoms with Gasteiger partial charge in [-0.2, -0.15) is 0 Å². The summed E-state index contributed by atoms with van der Waals surface area (Å²) in [6.45, 7) is 0. The van der Waals surface area contributed by atoms with Crippen molar-refractivity contribution in [3.63, 3.8) is 0 Å². The highest BCUT2D eigenvalue weighted by Gasteiger charge is 2.26. The third-order valence-electron chi connectivity index (χ3n) is 9.83. The van der Waals surface area contributed by atoms with Crippen molar-refractivity contribution in [3.8, 4) is 55.6 Å². The Morgan fingerprint density at radius 3 is 1.85 bits per heavy atom. The maximum absolute atomic E-state index is 4.90. The summed E-state index contributed by atoms with van der Waals surface area (Å²) in [6.07, 6.45) is 1.91. The molecule has 8 aromatic carbocycles. The lowest BCUT2D eigenvalue weighted by Crippen LogP contribution is -1.91. The number of pyridine rings is 1. The molecule has 1 nitrogen and oxygen atoms in total. The second-order valence-corrected chi connectivity index (χ2v) is 12.3. The first-order chi connectivity index (χ1) is 22.8. The average Bonchev–Trinajstić information content (AvgIpc) is 3.46. The van der Waals surface area contributed by atoms with E-state index in [-0.39, 0.29) is 0 Å². The first-order valence-electron chi connectivity index (χ1n) is 15.9. The monoisotopic (exact) mass is 581 g/mol. The third-order valence-corrected chi connectivity index (χ3v) is 9.83. The highest BCUT2D eigenvalue weighted by Crippen LogP contribution is 2.54. The second kappa shape index (κ2) is 9.72. The molecular formula is C45H27N. The van der Waals surface area contributed by atoms with Crippen LogP contribution in [-0.4, -0.2) is 4.98 Å². The fourth-order valence-corrected chi connectivity index (χ4v) is 7.79. The number of nitrogens with zero attached hydrogens (tertiary/aromatic N) is 1. The van der Waals surface area contributed by atoms with Gasteiger partial charge in [-0.25, -0.2) is 0 Å². The van der Waals surface area contributed by atoms with Crippen LogP contribution in [0.3, 0.4) is 0 Å². The molecule has 1 aromatic heterocycles. The van der Waals surface area contributed by atoms with Gasteiger partial charge in [0.25, 0.3) is 0 Å². The Morgan fingerprint density at radius 1 is 0.326 bits per heavy atom. The van der Waals surface area contributed by atoms with Crippen molar-refractivity contribution in [2.75, 3.05) is 0 Å². The van der Waals surface area contributed by atoms with E-state index in [9.17, 15) is 0 Å². The summed E-state index contributed by atoms with van der Waals surface area (Å²) >= 11 is 0. The molecule has 0 amide bonds. The van der Waals surface area contributed by atoms with Crippen molar-refractivity contribution >= 4 is 43.2 Å². The zero-order valence-electron chi connectivity index (χ0n) is 25.0. The Bertz CT molecular complexity index is 2660. The molecule has 0 spiro atoms. The molecule has 0 bridgehead atoms. The van der Waals surface area contributed by atoms with Crippen LogP contribution in [0.25, 0.3) is 98.9 Å². The fraction of sp³-hybridized carbons (Fsp3) is 0. The first kappa shape index (κ1) is 25.3. The van der Waals surface area contributed by atoms with E-state index < -0.39 is 0 Å². The van der Waals surface area contributed by atoms with Gasteiger partial charge in [-0.1, -0.05) is 133 Å². The standard InChI is InChI=1S/C45H27N/c1-3-11-28(12-4-1)31-20-21-34-38(25-31)41(37-19-9-15-30-16-10-24-46-45(30)37)26-40-36-23-22-32(29-13-5-2-6-14-29)43-35-18-8-7-17-33(35)42(44(36)43)27-39(34)40/h1-27H. The quantitative estimate of drug-likeness (QED) is 0.189. The predicted molar refractivity (Wildman–Crippen MR) is 195 cm³/mol. The van der Waals surface area contributed by atoms with Gasteiger partial charge in [-0.15, -0.1) is 0 Å². The molecule has 46 heavy (non-hydrogen) atoms. The molecule has 10 rings (SSSR count). The van der Waals surface area contributed by atoms with Crippen molar-refractivity contribution in [1.29, 1.82) is 0 Å². The number of para-hydroxylation sites is 1. The second-order valence-electron chi connectivity index (χ2n) is 12.3. The van der Waals surface area contributed by atoms with E-state index in [1.54, 1.807) is 0 Å². The van der Waals surface area contributed by atoms with Gasteiger partial charge in [-0.3, -0.25) is 4.98 Å². The van der Waals surface area contributed by atoms with Crippen molar-refractivity contribution < 1.29 is 0 Å². The maximum Gasteiger partial charge on any atom is 0.0780 e. The largest absolute Gasteiger partial charge is 0.256 e. The van der Waals surface area contributed by atoms with E-state index in [4.69, 9.17) is 4.98 Å². The lowest BCUT2D eigenvalue weighted by molar-refractivity contribution is 1.41. The summed E-state index contributed by atoms with van der Waals surface area (Å²) in [6, 6.07) is 57.7. The first-order valence-corrected chi connectivity index (χ1v) is 15.9. The minimum atomic E-state index is 1.03. The minimum absolute atomic E-state index is 1.03. The molecule has 212 valence electrons. The van der Waals surface area contributed by atoms with Crippen molar-refractivity contribution in [2.45, 2.75) is 0 Å². The smallest absolute Gasteiger partial charge is 0.0780 e. The molecule has 0 aliphatic heterocycles. The number of benzene rings is 8. The molecule has 0 saturated carbocycles. The fourth-order valence-electron chi connectivity index (χ4n) is 7.79. The van der Waals surface area contributed by atoms with Crippen LogP contribution in [0.4, 0.5) is 0 Å². The van der Waals surface area contributed by atoms with E-state index >= 15 is 0 Å². The maximum atomic E-state index is 4.90. The molecule has 0 radical (unpaired) electrons. The van der Waals surface area contributed by atoms with Gasteiger partial charge in [0.05, 0.1) is 5.52 Å². The van der Waals surface area contributed by atoms with Gasteiger partial charge in [0.2, 0.25) is 0 Å². The summed E-state index contributed by atoms with van der Waals surface area (Å²) in [5.41, 5.74) is 13.6. The molecule has 1 aliphatic rings. The zero-order valence-corrected chi connectivity index (χ0v) is 25.0. The molecule has 9 aromatic rings. The summed E-state index contributed by atoms with van der Waals surface area (Å²) in [7, 11) is 0. The number of hydrogen-bond donors (Lipinski definition) is 0. The molecule has 0 N–H and O–H groups in total. The normalized spacial score (nSPS) is 11.9. The van der Waals surface area contributed by atoms with Crippen LogP contribution < -0.4 is 0 Å². The van der Waals surface area contributed by atoms with Crippen LogP contribution in [0.5, 0.6) is 0 Å². The Hall–Kier alpha value is -6.05. The summed E-state index contributed by atoms with van der Waals surface area (Å²) in [5.74, 6) is 0. The van der Waals surface area contributed by atoms with Crippen molar-refractivity contribution in [2.24, 2.45) is 0 Å². The zero-order chi connectivity index (χ0) is 30.2. The average molecular weight is 582 g/mol. The van der Waals surface area contributed by atoms with E-state index in [1.807, 2.05) is 12.3 Å². The molecule has 0 atom stereocenters. The molecular weight excluding hydrogens is 555 g/mol. The van der Waals surface area contributed by atoms with Gasteiger partial charge in [0.15, 0.2) is 0 Å². The van der Waals surface area contributed by atoms with Crippen LogP contribution in [0.15, 0.2) is 164 Å². The highest BCUT2D eigenvalue weighted by molar-refractivity contribution is 6.30. The van der Waals surface area contributed by atoms with Crippen LogP contribution in [0, 0.1) is 0 Å². The molecule has 0 fully saturated rings. The Kier molecular flexibility index (Phi) is 5.35. The van der Waals surface area contributed by atoms with Gasteiger partial charge in [0, 0.05) is 17.1 Å². The molecule has 1 aliphatic carbocycles. The Morgan fingerprint density at radius 2 is 1.00 bits per heavy atom.